The molecule has 3 rings (SSSR count). The van der Waals surface area contributed by atoms with Crippen LogP contribution in [-0.4, -0.2) is 6.61 Å². The highest BCUT2D eigenvalue weighted by atomic mass is 16.6. The van der Waals surface area contributed by atoms with Gasteiger partial charge in [0.2, 0.25) is 0 Å². The van der Waals surface area contributed by atoms with Crippen molar-refractivity contribution in [3.8, 4) is 5.75 Å². The van der Waals surface area contributed by atoms with E-state index in [-0.39, 0.29) is 6.10 Å². The SMILES string of the molecule is O=Nc1cc(C2CO2)ccc1OCc1ccccc1. The number of nitroso groups, excluding NO2 is 1. The van der Waals surface area contributed by atoms with Crippen molar-refractivity contribution in [2.75, 3.05) is 6.61 Å². The summed E-state index contributed by atoms with van der Waals surface area (Å²) in [5, 5.41) is 3.02. The molecule has 1 unspecified atom stereocenters. The van der Waals surface area contributed by atoms with Gasteiger partial charge in [0, 0.05) is 0 Å². The van der Waals surface area contributed by atoms with Gasteiger partial charge in [-0.2, -0.15) is 0 Å². The molecule has 2 aromatic rings. The van der Waals surface area contributed by atoms with Crippen molar-refractivity contribution in [1.29, 1.82) is 0 Å². The van der Waals surface area contributed by atoms with Gasteiger partial charge in [0.15, 0.2) is 0 Å². The fourth-order valence-electron chi connectivity index (χ4n) is 1.90. The molecule has 1 heterocycles. The molecule has 1 fully saturated rings. The zero-order valence-electron chi connectivity index (χ0n) is 10.3. The molecule has 2 aromatic carbocycles. The molecule has 1 atom stereocenters. The van der Waals surface area contributed by atoms with Crippen LogP contribution in [0.1, 0.15) is 17.2 Å². The van der Waals surface area contributed by atoms with Gasteiger partial charge in [0.05, 0.1) is 6.61 Å². The van der Waals surface area contributed by atoms with Crippen LogP contribution in [0.3, 0.4) is 0 Å². The Kier molecular flexibility index (Phi) is 3.25. The van der Waals surface area contributed by atoms with Crippen molar-refractivity contribution in [1.82, 2.24) is 0 Å². The summed E-state index contributed by atoms with van der Waals surface area (Å²) in [6, 6.07) is 15.2. The molecule has 4 nitrogen and oxygen atoms in total. The molecule has 0 amide bonds. The molecular formula is C15H13NO3. The maximum absolute atomic E-state index is 10.9. The molecular weight excluding hydrogens is 242 g/mol. The first-order valence-corrected chi connectivity index (χ1v) is 6.12. The van der Waals surface area contributed by atoms with Crippen molar-refractivity contribution in [3.05, 3.63) is 64.6 Å². The highest BCUT2D eigenvalue weighted by Gasteiger charge is 2.25. The summed E-state index contributed by atoms with van der Waals surface area (Å²) in [4.78, 5) is 10.9. The van der Waals surface area contributed by atoms with Gasteiger partial charge < -0.3 is 9.47 Å². The Morgan fingerprint density at radius 3 is 2.68 bits per heavy atom. The first-order chi connectivity index (χ1) is 9.36. The van der Waals surface area contributed by atoms with Crippen LogP contribution in [0.5, 0.6) is 5.75 Å². The zero-order chi connectivity index (χ0) is 13.1. The standard InChI is InChI=1S/C15H13NO3/c17-16-13-8-12(15-10-19-15)6-7-14(13)18-9-11-4-2-1-3-5-11/h1-8,15H,9-10H2. The fourth-order valence-corrected chi connectivity index (χ4v) is 1.90. The predicted molar refractivity (Wildman–Crippen MR) is 71.4 cm³/mol. The Morgan fingerprint density at radius 2 is 2.00 bits per heavy atom. The van der Waals surface area contributed by atoms with Crippen LogP contribution in [0.2, 0.25) is 0 Å². The Hall–Kier alpha value is -2.20. The molecule has 0 aromatic heterocycles. The van der Waals surface area contributed by atoms with Crippen molar-refractivity contribution >= 4 is 5.69 Å². The maximum atomic E-state index is 10.9. The molecule has 0 radical (unpaired) electrons. The van der Waals surface area contributed by atoms with E-state index < -0.39 is 0 Å². The fraction of sp³-hybridized carbons (Fsp3) is 0.200. The van der Waals surface area contributed by atoms with Gasteiger partial charge in [0.25, 0.3) is 0 Å². The van der Waals surface area contributed by atoms with E-state index in [1.807, 2.05) is 36.4 Å². The lowest BCUT2D eigenvalue weighted by Gasteiger charge is -2.08. The van der Waals surface area contributed by atoms with Gasteiger partial charge in [-0.15, -0.1) is 4.91 Å². The minimum Gasteiger partial charge on any atom is -0.487 e. The van der Waals surface area contributed by atoms with E-state index in [1.54, 1.807) is 12.1 Å². The van der Waals surface area contributed by atoms with Crippen LogP contribution in [0.4, 0.5) is 5.69 Å². The predicted octanol–water partition coefficient (Wildman–Crippen LogP) is 3.73. The van der Waals surface area contributed by atoms with Crippen molar-refractivity contribution in [3.63, 3.8) is 0 Å². The van der Waals surface area contributed by atoms with E-state index in [9.17, 15) is 4.91 Å². The van der Waals surface area contributed by atoms with Gasteiger partial charge >= 0.3 is 0 Å². The smallest absolute Gasteiger partial charge is 0.150 e. The molecule has 0 bridgehead atoms. The average molecular weight is 255 g/mol. The zero-order valence-corrected chi connectivity index (χ0v) is 10.3. The first-order valence-electron chi connectivity index (χ1n) is 6.12. The third-order valence-electron chi connectivity index (χ3n) is 3.02. The van der Waals surface area contributed by atoms with Crippen LogP contribution >= 0.6 is 0 Å². The Bertz CT molecular complexity index is 579. The summed E-state index contributed by atoms with van der Waals surface area (Å²) in [5.74, 6) is 0.503. The molecule has 1 saturated heterocycles. The second kappa shape index (κ2) is 5.20. The summed E-state index contributed by atoms with van der Waals surface area (Å²) in [6.45, 7) is 1.13. The van der Waals surface area contributed by atoms with E-state index in [0.717, 1.165) is 11.1 Å². The quantitative estimate of drug-likeness (QED) is 0.604. The second-order valence-corrected chi connectivity index (χ2v) is 4.41. The van der Waals surface area contributed by atoms with Gasteiger partial charge in [-0.1, -0.05) is 36.4 Å². The Balaban J connectivity index is 1.75. The van der Waals surface area contributed by atoms with Gasteiger partial charge in [-0.05, 0) is 28.4 Å². The number of rotatable bonds is 5. The number of epoxide rings is 1. The van der Waals surface area contributed by atoms with Gasteiger partial charge in [-0.25, -0.2) is 0 Å². The van der Waals surface area contributed by atoms with Crippen LogP contribution in [-0.2, 0) is 11.3 Å². The number of hydrogen-bond acceptors (Lipinski definition) is 4. The molecule has 19 heavy (non-hydrogen) atoms. The third-order valence-corrected chi connectivity index (χ3v) is 3.02. The number of benzene rings is 2. The lowest BCUT2D eigenvalue weighted by atomic mass is 10.1. The van der Waals surface area contributed by atoms with E-state index in [4.69, 9.17) is 9.47 Å². The van der Waals surface area contributed by atoms with Crippen molar-refractivity contribution < 1.29 is 9.47 Å². The molecule has 0 spiro atoms. The molecule has 0 N–H and O–H groups in total. The second-order valence-electron chi connectivity index (χ2n) is 4.41. The monoisotopic (exact) mass is 255 g/mol. The Morgan fingerprint density at radius 1 is 1.21 bits per heavy atom. The van der Waals surface area contributed by atoms with Crippen LogP contribution in [0.15, 0.2) is 53.7 Å². The third kappa shape index (κ3) is 2.80. The summed E-state index contributed by atoms with van der Waals surface area (Å²) in [6.07, 6.45) is 0.115. The lowest BCUT2D eigenvalue weighted by molar-refractivity contribution is 0.307. The largest absolute Gasteiger partial charge is 0.487 e. The minimum absolute atomic E-state index is 0.115. The van der Waals surface area contributed by atoms with E-state index in [2.05, 4.69) is 5.18 Å². The normalized spacial score (nSPS) is 16.9. The lowest BCUT2D eigenvalue weighted by Crippen LogP contribution is -1.95. The highest BCUT2D eigenvalue weighted by Crippen LogP contribution is 2.36. The summed E-state index contributed by atoms with van der Waals surface area (Å²) < 4.78 is 10.8. The number of ether oxygens (including phenoxy) is 2. The van der Waals surface area contributed by atoms with Crippen LogP contribution < -0.4 is 4.74 Å². The highest BCUT2D eigenvalue weighted by molar-refractivity contribution is 5.54. The van der Waals surface area contributed by atoms with E-state index in [1.165, 1.54) is 0 Å². The molecule has 1 aliphatic heterocycles. The summed E-state index contributed by atoms with van der Waals surface area (Å²) in [7, 11) is 0. The molecule has 0 saturated carbocycles. The van der Waals surface area contributed by atoms with Gasteiger partial charge in [0.1, 0.15) is 24.1 Å². The average Bonchev–Trinajstić information content (AvgIpc) is 3.30. The topological polar surface area (TPSA) is 51.2 Å². The Labute approximate surface area is 110 Å². The number of nitrogens with zero attached hydrogens (tertiary/aromatic N) is 1. The maximum Gasteiger partial charge on any atom is 0.150 e. The van der Waals surface area contributed by atoms with Crippen LogP contribution in [0.25, 0.3) is 0 Å². The van der Waals surface area contributed by atoms with E-state index in [0.29, 0.717) is 24.7 Å². The van der Waals surface area contributed by atoms with Crippen LogP contribution in [0, 0.1) is 4.91 Å². The minimum atomic E-state index is 0.115. The van der Waals surface area contributed by atoms with E-state index >= 15 is 0 Å². The van der Waals surface area contributed by atoms with Crippen molar-refractivity contribution in [2.45, 2.75) is 12.7 Å². The van der Waals surface area contributed by atoms with Crippen molar-refractivity contribution in [2.24, 2.45) is 5.18 Å². The molecule has 4 heteroatoms. The van der Waals surface area contributed by atoms with Gasteiger partial charge in [-0.3, -0.25) is 0 Å². The molecule has 0 aliphatic carbocycles. The summed E-state index contributed by atoms with van der Waals surface area (Å²) in [5.41, 5.74) is 2.35. The summed E-state index contributed by atoms with van der Waals surface area (Å²) >= 11 is 0. The first kappa shape index (κ1) is 11.9. The number of hydrogen-bond donors (Lipinski definition) is 0. The molecule has 1 aliphatic rings. The molecule has 96 valence electrons.